The lowest BCUT2D eigenvalue weighted by molar-refractivity contribution is -0.146. The molecule has 0 unspecified atom stereocenters. The van der Waals surface area contributed by atoms with Gasteiger partial charge in [-0.25, -0.2) is 0 Å². The van der Waals surface area contributed by atoms with Crippen molar-refractivity contribution in [3.8, 4) is 0 Å². The lowest BCUT2D eigenvalue weighted by Crippen LogP contribution is -2.23. The molecule has 1 saturated carbocycles. The van der Waals surface area contributed by atoms with E-state index in [2.05, 4.69) is 15.1 Å². The van der Waals surface area contributed by atoms with Gasteiger partial charge in [0.25, 0.3) is 0 Å². The molecule has 0 spiro atoms. The van der Waals surface area contributed by atoms with E-state index in [0.29, 0.717) is 37.6 Å². The van der Waals surface area contributed by atoms with Crippen molar-refractivity contribution in [3.63, 3.8) is 0 Å². The van der Waals surface area contributed by atoms with E-state index in [9.17, 15) is 4.79 Å². The minimum Gasteiger partial charge on any atom is -0.465 e. The summed E-state index contributed by atoms with van der Waals surface area (Å²) in [7, 11) is 0. The van der Waals surface area contributed by atoms with Crippen molar-refractivity contribution in [2.24, 2.45) is 0 Å². The van der Waals surface area contributed by atoms with Crippen molar-refractivity contribution < 1.29 is 14.1 Å². The number of nitrogens with zero attached hydrogens (tertiary/aromatic N) is 3. The van der Waals surface area contributed by atoms with Gasteiger partial charge in [-0.1, -0.05) is 5.16 Å². The first kappa shape index (κ1) is 12.8. The number of ether oxygens (including phenoxy) is 1. The molecule has 6 heteroatoms. The van der Waals surface area contributed by atoms with Gasteiger partial charge in [-0.2, -0.15) is 4.98 Å². The Bertz CT molecular complexity index is 605. The quantitative estimate of drug-likeness (QED) is 0.771. The molecule has 1 aliphatic carbocycles. The van der Waals surface area contributed by atoms with Gasteiger partial charge in [-0.15, -0.1) is 0 Å². The number of hydrogen-bond donors (Lipinski definition) is 0. The number of esters is 1. The van der Waals surface area contributed by atoms with Gasteiger partial charge < -0.3 is 9.26 Å². The summed E-state index contributed by atoms with van der Waals surface area (Å²) < 4.78 is 10.3. The molecule has 3 rings (SSSR count). The van der Waals surface area contributed by atoms with Gasteiger partial charge >= 0.3 is 5.97 Å². The van der Waals surface area contributed by atoms with Crippen LogP contribution in [0.1, 0.15) is 37.0 Å². The smallest absolute Gasteiger partial charge is 0.321 e. The fourth-order valence-corrected chi connectivity index (χ4v) is 2.10. The minimum atomic E-state index is -0.695. The molecular formula is C14H15N3O3. The molecule has 2 heterocycles. The minimum absolute atomic E-state index is 0.265. The molecule has 0 aromatic carbocycles. The summed E-state index contributed by atoms with van der Waals surface area (Å²) in [6, 6.07) is 3.79. The highest BCUT2D eigenvalue weighted by Gasteiger charge is 2.57. The Morgan fingerprint density at radius 2 is 2.15 bits per heavy atom. The second kappa shape index (κ2) is 5.03. The largest absolute Gasteiger partial charge is 0.465 e. The van der Waals surface area contributed by atoms with E-state index in [0.717, 1.165) is 5.56 Å². The summed E-state index contributed by atoms with van der Waals surface area (Å²) >= 11 is 0. The fourth-order valence-electron chi connectivity index (χ4n) is 2.10. The van der Waals surface area contributed by atoms with Crippen molar-refractivity contribution >= 4 is 5.97 Å². The monoisotopic (exact) mass is 273 g/mol. The molecule has 20 heavy (non-hydrogen) atoms. The van der Waals surface area contributed by atoms with Crippen LogP contribution in [-0.4, -0.2) is 27.7 Å². The van der Waals surface area contributed by atoms with Gasteiger partial charge in [-0.05, 0) is 37.5 Å². The Kier molecular flexibility index (Phi) is 3.22. The van der Waals surface area contributed by atoms with E-state index in [1.165, 1.54) is 0 Å². The average molecular weight is 273 g/mol. The van der Waals surface area contributed by atoms with E-state index in [4.69, 9.17) is 9.26 Å². The van der Waals surface area contributed by atoms with Crippen LogP contribution in [0, 0.1) is 0 Å². The number of carbonyl (C=O) groups excluding carboxylic acids is 1. The number of carbonyl (C=O) groups is 1. The lowest BCUT2D eigenvalue weighted by atomic mass is 10.1. The van der Waals surface area contributed by atoms with Crippen LogP contribution in [0.3, 0.4) is 0 Å². The van der Waals surface area contributed by atoms with Gasteiger partial charge in [-0.3, -0.25) is 9.78 Å². The highest BCUT2D eigenvalue weighted by Crippen LogP contribution is 2.48. The maximum absolute atomic E-state index is 11.9. The van der Waals surface area contributed by atoms with Gasteiger partial charge in [0, 0.05) is 18.8 Å². The zero-order chi connectivity index (χ0) is 14.0. The molecule has 0 N–H and O–H groups in total. The average Bonchev–Trinajstić information content (AvgIpc) is 3.15. The molecule has 2 aromatic heterocycles. The van der Waals surface area contributed by atoms with Gasteiger partial charge in [0.05, 0.1) is 6.61 Å². The third-order valence-electron chi connectivity index (χ3n) is 3.41. The third kappa shape index (κ3) is 2.29. The zero-order valence-electron chi connectivity index (χ0n) is 11.2. The predicted molar refractivity (Wildman–Crippen MR) is 68.9 cm³/mol. The Hall–Kier alpha value is -2.24. The highest BCUT2D eigenvalue weighted by molar-refractivity contribution is 5.85. The maximum Gasteiger partial charge on any atom is 0.321 e. The van der Waals surface area contributed by atoms with Gasteiger partial charge in [0.2, 0.25) is 5.89 Å². The molecule has 104 valence electrons. The molecule has 0 saturated heterocycles. The van der Waals surface area contributed by atoms with Gasteiger partial charge in [0.1, 0.15) is 5.41 Å². The normalized spacial score (nSPS) is 15.8. The molecule has 2 aromatic rings. The second-order valence-electron chi connectivity index (χ2n) is 4.85. The van der Waals surface area contributed by atoms with Crippen LogP contribution in [0.25, 0.3) is 0 Å². The first-order chi connectivity index (χ1) is 9.74. The third-order valence-corrected chi connectivity index (χ3v) is 3.41. The number of aromatic nitrogens is 3. The van der Waals surface area contributed by atoms with Crippen molar-refractivity contribution in [3.05, 3.63) is 41.8 Å². The van der Waals surface area contributed by atoms with Crippen molar-refractivity contribution in [1.82, 2.24) is 15.1 Å². The zero-order valence-corrected chi connectivity index (χ0v) is 11.2. The summed E-state index contributed by atoms with van der Waals surface area (Å²) in [5, 5.41) is 3.95. The van der Waals surface area contributed by atoms with Gasteiger partial charge in [0.15, 0.2) is 5.82 Å². The molecule has 0 atom stereocenters. The first-order valence-corrected chi connectivity index (χ1v) is 6.64. The van der Waals surface area contributed by atoms with Crippen molar-refractivity contribution in [2.45, 2.75) is 31.6 Å². The van der Waals surface area contributed by atoms with Crippen LogP contribution in [0.2, 0.25) is 0 Å². The summed E-state index contributed by atoms with van der Waals surface area (Å²) in [6.07, 6.45) is 5.42. The topological polar surface area (TPSA) is 78.1 Å². The van der Waals surface area contributed by atoms with Crippen LogP contribution < -0.4 is 0 Å². The Morgan fingerprint density at radius 1 is 1.40 bits per heavy atom. The summed E-state index contributed by atoms with van der Waals surface area (Å²) in [5.74, 6) is 0.681. The SMILES string of the molecule is CCOC(=O)C1(c2nc(Cc3ccncc3)no2)CC1. The van der Waals surface area contributed by atoms with Crippen LogP contribution in [0.15, 0.2) is 29.0 Å². The molecule has 1 fully saturated rings. The summed E-state index contributed by atoms with van der Waals surface area (Å²) in [4.78, 5) is 20.2. The molecule has 0 amide bonds. The van der Waals surface area contributed by atoms with Crippen LogP contribution in [0.4, 0.5) is 0 Å². The van der Waals surface area contributed by atoms with E-state index < -0.39 is 5.41 Å². The molecule has 0 radical (unpaired) electrons. The number of rotatable bonds is 5. The van der Waals surface area contributed by atoms with E-state index >= 15 is 0 Å². The standard InChI is InChI=1S/C14H15N3O3/c1-2-19-13(18)14(5-6-14)12-16-11(17-20-12)9-10-3-7-15-8-4-10/h3-4,7-8H,2,5-6,9H2,1H3. The van der Waals surface area contributed by atoms with Crippen molar-refractivity contribution in [1.29, 1.82) is 0 Å². The summed E-state index contributed by atoms with van der Waals surface area (Å²) in [6.45, 7) is 2.15. The fraction of sp³-hybridized carbons (Fsp3) is 0.429. The van der Waals surface area contributed by atoms with E-state index in [1.54, 1.807) is 19.3 Å². The van der Waals surface area contributed by atoms with Crippen LogP contribution in [0.5, 0.6) is 0 Å². The Labute approximate surface area is 116 Å². The molecule has 0 aliphatic heterocycles. The number of pyridine rings is 1. The van der Waals surface area contributed by atoms with Crippen molar-refractivity contribution in [2.75, 3.05) is 6.61 Å². The lowest BCUT2D eigenvalue weighted by Gasteiger charge is -2.07. The van der Waals surface area contributed by atoms with Crippen LogP contribution >= 0.6 is 0 Å². The molecule has 0 bridgehead atoms. The van der Waals surface area contributed by atoms with E-state index in [-0.39, 0.29) is 5.97 Å². The van der Waals surface area contributed by atoms with Crippen LogP contribution in [-0.2, 0) is 21.4 Å². The van der Waals surface area contributed by atoms with E-state index in [1.807, 2.05) is 12.1 Å². The Balaban J connectivity index is 1.76. The molecule has 6 nitrogen and oxygen atoms in total. The first-order valence-electron chi connectivity index (χ1n) is 6.64. The second-order valence-corrected chi connectivity index (χ2v) is 4.85. The Morgan fingerprint density at radius 3 is 2.80 bits per heavy atom. The summed E-state index contributed by atoms with van der Waals surface area (Å²) in [5.41, 5.74) is 0.354. The predicted octanol–water partition coefficient (Wildman–Crippen LogP) is 1.65. The number of hydrogen-bond acceptors (Lipinski definition) is 6. The maximum atomic E-state index is 11.9. The highest BCUT2D eigenvalue weighted by atomic mass is 16.5. The molecule has 1 aliphatic rings. The molecular weight excluding hydrogens is 258 g/mol.